The van der Waals surface area contributed by atoms with Crippen LogP contribution in [0.2, 0.25) is 0 Å². The van der Waals surface area contributed by atoms with E-state index in [9.17, 15) is 14.0 Å². The van der Waals surface area contributed by atoms with Crippen molar-refractivity contribution in [2.45, 2.75) is 38.8 Å². The van der Waals surface area contributed by atoms with Crippen LogP contribution < -0.4 is 5.32 Å². The highest BCUT2D eigenvalue weighted by molar-refractivity contribution is 5.78. The Morgan fingerprint density at radius 2 is 2.19 bits per heavy atom. The van der Waals surface area contributed by atoms with Gasteiger partial charge < -0.3 is 10.2 Å². The van der Waals surface area contributed by atoms with Crippen LogP contribution in [0.5, 0.6) is 0 Å². The van der Waals surface area contributed by atoms with E-state index in [0.29, 0.717) is 11.3 Å². The number of carbonyl (C=O) groups is 2. The predicted molar refractivity (Wildman–Crippen MR) is 93.3 cm³/mol. The lowest BCUT2D eigenvalue weighted by atomic mass is 10.1. The highest BCUT2D eigenvalue weighted by atomic mass is 19.1. The molecule has 0 radical (unpaired) electrons. The number of hydrogen-bond donors (Lipinski definition) is 1. The van der Waals surface area contributed by atoms with Crippen molar-refractivity contribution in [2.75, 3.05) is 6.54 Å². The topological polar surface area (TPSA) is 75.2 Å². The van der Waals surface area contributed by atoms with E-state index in [1.807, 2.05) is 0 Å². The average Bonchev–Trinajstić information content (AvgIpc) is 3.10. The van der Waals surface area contributed by atoms with Gasteiger partial charge in [0, 0.05) is 13.5 Å². The van der Waals surface area contributed by atoms with Crippen molar-refractivity contribution in [3.05, 3.63) is 59.4 Å². The maximum Gasteiger partial charge on any atom is 0.224 e. The predicted octanol–water partition coefficient (Wildman–Crippen LogP) is 2.16. The van der Waals surface area contributed by atoms with Crippen LogP contribution in [-0.2, 0) is 22.6 Å². The molecule has 2 amide bonds. The summed E-state index contributed by atoms with van der Waals surface area (Å²) in [6, 6.07) is 5.92. The first-order valence-corrected chi connectivity index (χ1v) is 8.62. The summed E-state index contributed by atoms with van der Waals surface area (Å²) in [4.78, 5) is 34.3. The zero-order valence-corrected chi connectivity index (χ0v) is 14.6. The van der Waals surface area contributed by atoms with Gasteiger partial charge in [-0.3, -0.25) is 19.6 Å². The van der Waals surface area contributed by atoms with Gasteiger partial charge in [0.15, 0.2) is 0 Å². The monoisotopic (exact) mass is 356 g/mol. The molecule has 3 rings (SSSR count). The summed E-state index contributed by atoms with van der Waals surface area (Å²) in [5.74, 6) is -0.544. The first kappa shape index (κ1) is 18.0. The third-order valence-electron chi connectivity index (χ3n) is 4.42. The highest BCUT2D eigenvalue weighted by Crippen LogP contribution is 2.30. The van der Waals surface area contributed by atoms with E-state index in [2.05, 4.69) is 15.3 Å². The average molecular weight is 356 g/mol. The zero-order valence-electron chi connectivity index (χ0n) is 14.6. The van der Waals surface area contributed by atoms with E-state index in [1.54, 1.807) is 36.4 Å². The van der Waals surface area contributed by atoms with E-state index >= 15 is 0 Å². The van der Waals surface area contributed by atoms with Gasteiger partial charge in [-0.2, -0.15) is 0 Å². The van der Waals surface area contributed by atoms with Gasteiger partial charge in [-0.15, -0.1) is 0 Å². The van der Waals surface area contributed by atoms with E-state index in [1.165, 1.54) is 12.1 Å². The zero-order chi connectivity index (χ0) is 18.5. The molecule has 1 atom stereocenters. The van der Waals surface area contributed by atoms with Crippen molar-refractivity contribution in [1.29, 1.82) is 0 Å². The number of likely N-dealkylation sites (tertiary alicyclic amines) is 1. The van der Waals surface area contributed by atoms with Crippen molar-refractivity contribution >= 4 is 11.8 Å². The number of rotatable bonds is 5. The van der Waals surface area contributed by atoms with Crippen molar-refractivity contribution in [3.8, 4) is 0 Å². The lowest BCUT2D eigenvalue weighted by molar-refractivity contribution is -0.129. The van der Waals surface area contributed by atoms with E-state index < -0.39 is 0 Å². The summed E-state index contributed by atoms with van der Waals surface area (Å²) in [6.45, 7) is 2.53. The molecule has 136 valence electrons. The van der Waals surface area contributed by atoms with Crippen LogP contribution in [0.25, 0.3) is 0 Å². The smallest absolute Gasteiger partial charge is 0.224 e. The second-order valence-electron chi connectivity index (χ2n) is 6.39. The van der Waals surface area contributed by atoms with Crippen molar-refractivity contribution in [3.63, 3.8) is 0 Å². The largest absolute Gasteiger partial charge is 0.350 e. The van der Waals surface area contributed by atoms with Gasteiger partial charge in [0.25, 0.3) is 0 Å². The number of hydrogen-bond acceptors (Lipinski definition) is 4. The van der Waals surface area contributed by atoms with Crippen LogP contribution in [0.4, 0.5) is 4.39 Å². The van der Waals surface area contributed by atoms with Crippen molar-refractivity contribution < 1.29 is 14.0 Å². The van der Waals surface area contributed by atoms with E-state index in [4.69, 9.17) is 0 Å². The number of nitrogens with one attached hydrogen (secondary N) is 1. The number of halogens is 1. The molecule has 1 fully saturated rings. The number of benzene rings is 1. The third kappa shape index (κ3) is 4.41. The summed E-state index contributed by atoms with van der Waals surface area (Å²) in [6.07, 6.45) is 5.18. The van der Waals surface area contributed by atoms with Crippen LogP contribution in [-0.4, -0.2) is 33.2 Å². The molecule has 0 spiro atoms. The van der Waals surface area contributed by atoms with Gasteiger partial charge in [-0.1, -0.05) is 12.1 Å². The maximum atomic E-state index is 13.2. The standard InChI is InChI=1S/C19H21FN4O2/c1-13(25)24-7-3-6-18(24)17-12-21-10-16(23-17)11-22-19(26)9-14-4-2-5-15(20)8-14/h2,4-5,8,10,12,18H,3,6-7,9,11H2,1H3,(H,22,26). The fraction of sp³-hybridized carbons (Fsp3) is 0.368. The molecule has 1 unspecified atom stereocenters. The van der Waals surface area contributed by atoms with E-state index in [0.717, 1.165) is 25.1 Å². The fourth-order valence-corrected chi connectivity index (χ4v) is 3.20. The Balaban J connectivity index is 1.60. The molecule has 1 aromatic carbocycles. The second kappa shape index (κ2) is 8.03. The van der Waals surface area contributed by atoms with Gasteiger partial charge >= 0.3 is 0 Å². The lowest BCUT2D eigenvalue weighted by Gasteiger charge is -2.22. The molecule has 1 saturated heterocycles. The summed E-state index contributed by atoms with van der Waals surface area (Å²) < 4.78 is 13.2. The molecule has 1 N–H and O–H groups in total. The Morgan fingerprint density at radius 3 is 2.96 bits per heavy atom. The van der Waals surface area contributed by atoms with Gasteiger partial charge in [0.1, 0.15) is 5.82 Å². The number of amides is 2. The molecule has 0 bridgehead atoms. The normalized spacial score (nSPS) is 16.5. The van der Waals surface area contributed by atoms with Crippen LogP contribution in [0.3, 0.4) is 0 Å². The van der Waals surface area contributed by atoms with Crippen LogP contribution in [0.15, 0.2) is 36.7 Å². The maximum absolute atomic E-state index is 13.2. The number of aromatic nitrogens is 2. The minimum absolute atomic E-state index is 0.0306. The Bertz CT molecular complexity index is 812. The van der Waals surface area contributed by atoms with E-state index in [-0.39, 0.29) is 36.6 Å². The summed E-state index contributed by atoms with van der Waals surface area (Å²) in [5.41, 5.74) is 1.99. The Kier molecular flexibility index (Phi) is 5.55. The SMILES string of the molecule is CC(=O)N1CCCC1c1cncc(CNC(=O)Cc2cccc(F)c2)n1. The van der Waals surface area contributed by atoms with Crippen LogP contribution >= 0.6 is 0 Å². The Morgan fingerprint density at radius 1 is 1.35 bits per heavy atom. The quantitative estimate of drug-likeness (QED) is 0.891. The fourth-order valence-electron chi connectivity index (χ4n) is 3.20. The number of carbonyl (C=O) groups excluding carboxylic acids is 2. The van der Waals surface area contributed by atoms with Crippen LogP contribution in [0.1, 0.15) is 42.8 Å². The van der Waals surface area contributed by atoms with Gasteiger partial charge in [0.05, 0.1) is 42.8 Å². The van der Waals surface area contributed by atoms with Gasteiger partial charge in [-0.25, -0.2) is 4.39 Å². The molecule has 2 aromatic rings. The molecular formula is C19H21FN4O2. The molecule has 1 aliphatic heterocycles. The first-order valence-electron chi connectivity index (χ1n) is 8.62. The summed E-state index contributed by atoms with van der Waals surface area (Å²) in [5, 5.41) is 2.77. The van der Waals surface area contributed by atoms with Gasteiger partial charge in [-0.05, 0) is 30.5 Å². The minimum atomic E-state index is -0.361. The highest BCUT2D eigenvalue weighted by Gasteiger charge is 2.29. The van der Waals surface area contributed by atoms with Crippen molar-refractivity contribution in [2.24, 2.45) is 0 Å². The molecular weight excluding hydrogens is 335 g/mol. The van der Waals surface area contributed by atoms with Crippen molar-refractivity contribution in [1.82, 2.24) is 20.2 Å². The first-order chi connectivity index (χ1) is 12.5. The molecule has 2 heterocycles. The molecule has 0 aliphatic carbocycles. The molecule has 26 heavy (non-hydrogen) atoms. The van der Waals surface area contributed by atoms with Gasteiger partial charge in [0.2, 0.25) is 11.8 Å². The number of nitrogens with zero attached hydrogens (tertiary/aromatic N) is 3. The molecule has 1 aromatic heterocycles. The Labute approximate surface area is 151 Å². The third-order valence-corrected chi connectivity index (χ3v) is 4.42. The Hall–Kier alpha value is -2.83. The van der Waals surface area contributed by atoms with Crippen LogP contribution in [0, 0.1) is 5.82 Å². The molecule has 1 aliphatic rings. The second-order valence-corrected chi connectivity index (χ2v) is 6.39. The lowest BCUT2D eigenvalue weighted by Crippen LogP contribution is -2.29. The molecule has 0 saturated carbocycles. The minimum Gasteiger partial charge on any atom is -0.350 e. The summed E-state index contributed by atoms with van der Waals surface area (Å²) >= 11 is 0. The summed E-state index contributed by atoms with van der Waals surface area (Å²) in [7, 11) is 0. The molecule has 6 nitrogen and oxygen atoms in total. The molecule has 7 heteroatoms.